The molecular formula is C9H7FN2O. The molecule has 0 radical (unpaired) electrons. The Morgan fingerprint density at radius 1 is 1.38 bits per heavy atom. The van der Waals surface area contributed by atoms with Crippen molar-refractivity contribution < 1.29 is 9.50 Å². The van der Waals surface area contributed by atoms with E-state index in [1.54, 1.807) is 6.07 Å². The van der Waals surface area contributed by atoms with Crippen molar-refractivity contribution in [3.63, 3.8) is 0 Å². The number of halogens is 1. The molecule has 0 saturated carbocycles. The summed E-state index contributed by atoms with van der Waals surface area (Å²) in [6, 6.07) is 4.35. The van der Waals surface area contributed by atoms with Gasteiger partial charge in [-0.05, 0) is 12.1 Å². The molecule has 0 amide bonds. The Hall–Kier alpha value is -1.84. The number of nitrogens with one attached hydrogen (secondary N) is 1. The Kier molecular flexibility index (Phi) is 1.73. The van der Waals surface area contributed by atoms with Crippen LogP contribution in [0.5, 0.6) is 5.75 Å². The normalized spacial score (nSPS) is 10.2. The lowest BCUT2D eigenvalue weighted by atomic mass is 10.1. The van der Waals surface area contributed by atoms with E-state index in [9.17, 15) is 9.50 Å². The summed E-state index contributed by atoms with van der Waals surface area (Å²) in [7, 11) is 0. The monoisotopic (exact) mass is 178 g/mol. The highest BCUT2D eigenvalue weighted by Crippen LogP contribution is 2.29. The van der Waals surface area contributed by atoms with Gasteiger partial charge < -0.3 is 10.1 Å². The minimum atomic E-state index is -0.632. The number of benzene rings is 1. The molecule has 1 aromatic heterocycles. The van der Waals surface area contributed by atoms with Crippen LogP contribution in [0.2, 0.25) is 0 Å². The molecule has 1 heterocycles. The summed E-state index contributed by atoms with van der Waals surface area (Å²) in [5.74, 6) is -0.987. The first-order valence-corrected chi connectivity index (χ1v) is 3.75. The maximum absolute atomic E-state index is 12.9. The predicted molar refractivity (Wildman–Crippen MR) is 45.6 cm³/mol. The van der Waals surface area contributed by atoms with Crippen LogP contribution in [0.15, 0.2) is 30.7 Å². The number of aromatic nitrogens is 2. The van der Waals surface area contributed by atoms with Gasteiger partial charge in [-0.3, -0.25) is 0 Å². The highest BCUT2D eigenvalue weighted by Gasteiger charge is 2.08. The molecule has 4 heteroatoms. The molecule has 0 aliphatic rings. The third kappa shape index (κ3) is 1.26. The zero-order valence-electron chi connectivity index (χ0n) is 6.66. The van der Waals surface area contributed by atoms with Crippen LogP contribution in [0.3, 0.4) is 0 Å². The van der Waals surface area contributed by atoms with Crippen LogP contribution in [0, 0.1) is 5.82 Å². The summed E-state index contributed by atoms with van der Waals surface area (Å²) in [6.07, 6.45) is 2.99. The molecule has 66 valence electrons. The fourth-order valence-electron chi connectivity index (χ4n) is 1.14. The van der Waals surface area contributed by atoms with Crippen LogP contribution < -0.4 is 0 Å². The van der Waals surface area contributed by atoms with Gasteiger partial charge in [0.2, 0.25) is 0 Å². The second kappa shape index (κ2) is 2.90. The maximum atomic E-state index is 12.9. The number of rotatable bonds is 1. The Balaban J connectivity index is 2.59. The summed E-state index contributed by atoms with van der Waals surface area (Å²) in [4.78, 5) is 6.56. The fraction of sp³-hybridized carbons (Fsp3) is 0. The van der Waals surface area contributed by atoms with Crippen molar-refractivity contribution in [2.75, 3.05) is 0 Å². The number of imidazole rings is 1. The van der Waals surface area contributed by atoms with Crippen molar-refractivity contribution in [2.45, 2.75) is 0 Å². The summed E-state index contributed by atoms with van der Waals surface area (Å²) in [5.41, 5.74) is 1.01. The van der Waals surface area contributed by atoms with E-state index in [0.29, 0.717) is 11.3 Å². The van der Waals surface area contributed by atoms with E-state index in [4.69, 9.17) is 0 Å². The van der Waals surface area contributed by atoms with E-state index in [-0.39, 0.29) is 5.75 Å². The first-order valence-electron chi connectivity index (χ1n) is 3.75. The Morgan fingerprint density at radius 2 is 2.23 bits per heavy atom. The maximum Gasteiger partial charge on any atom is 0.165 e. The molecule has 2 rings (SSSR count). The van der Waals surface area contributed by atoms with Gasteiger partial charge in [-0.2, -0.15) is 0 Å². The molecule has 1 aromatic carbocycles. The average Bonchev–Trinajstić information content (AvgIpc) is 2.62. The topological polar surface area (TPSA) is 48.9 Å². The van der Waals surface area contributed by atoms with Gasteiger partial charge in [-0.25, -0.2) is 9.37 Å². The van der Waals surface area contributed by atoms with Crippen molar-refractivity contribution in [2.24, 2.45) is 0 Å². The second-order valence-corrected chi connectivity index (χ2v) is 2.60. The van der Waals surface area contributed by atoms with E-state index in [2.05, 4.69) is 9.97 Å². The number of nitrogens with zero attached hydrogens (tertiary/aromatic N) is 1. The van der Waals surface area contributed by atoms with Gasteiger partial charge in [0, 0.05) is 5.56 Å². The standard InChI is InChI=1S/C9H7FN2O/c10-7-3-1-2-6(9(7)13)8-4-11-5-12-8/h1-5,13H,(H,11,12). The molecule has 0 aliphatic heterocycles. The molecule has 13 heavy (non-hydrogen) atoms. The van der Waals surface area contributed by atoms with Gasteiger partial charge in [-0.1, -0.05) is 6.07 Å². The minimum Gasteiger partial charge on any atom is -0.504 e. The number of aromatic hydroxyl groups is 1. The van der Waals surface area contributed by atoms with E-state index in [1.165, 1.54) is 24.7 Å². The number of hydrogen-bond donors (Lipinski definition) is 2. The first kappa shape index (κ1) is 7.79. The molecule has 0 fully saturated rings. The summed E-state index contributed by atoms with van der Waals surface area (Å²) < 4.78 is 12.9. The van der Waals surface area contributed by atoms with Gasteiger partial charge in [0.25, 0.3) is 0 Å². The summed E-state index contributed by atoms with van der Waals surface area (Å²) >= 11 is 0. The molecule has 0 unspecified atom stereocenters. The Morgan fingerprint density at radius 3 is 2.92 bits per heavy atom. The van der Waals surface area contributed by atoms with E-state index >= 15 is 0 Å². The largest absolute Gasteiger partial charge is 0.504 e. The van der Waals surface area contributed by atoms with Crippen LogP contribution in [0.25, 0.3) is 11.3 Å². The van der Waals surface area contributed by atoms with Crippen molar-refractivity contribution in [3.8, 4) is 17.0 Å². The SMILES string of the molecule is Oc1c(F)cccc1-c1cnc[nH]1. The van der Waals surface area contributed by atoms with Crippen LogP contribution in [0.4, 0.5) is 4.39 Å². The van der Waals surface area contributed by atoms with E-state index in [1.807, 2.05) is 0 Å². The molecule has 0 atom stereocenters. The van der Waals surface area contributed by atoms with E-state index < -0.39 is 5.82 Å². The molecule has 0 spiro atoms. The number of para-hydroxylation sites is 1. The lowest BCUT2D eigenvalue weighted by Gasteiger charge is -2.01. The van der Waals surface area contributed by atoms with Gasteiger partial charge >= 0.3 is 0 Å². The highest BCUT2D eigenvalue weighted by atomic mass is 19.1. The molecular weight excluding hydrogens is 171 g/mol. The summed E-state index contributed by atoms with van der Waals surface area (Å²) in [6.45, 7) is 0. The fourth-order valence-corrected chi connectivity index (χ4v) is 1.14. The van der Waals surface area contributed by atoms with Crippen LogP contribution in [-0.2, 0) is 0 Å². The molecule has 0 bridgehead atoms. The number of H-pyrrole nitrogens is 1. The van der Waals surface area contributed by atoms with Gasteiger partial charge in [-0.15, -0.1) is 0 Å². The molecule has 0 aliphatic carbocycles. The Labute approximate surface area is 73.9 Å². The number of phenols is 1. The second-order valence-electron chi connectivity index (χ2n) is 2.60. The molecule has 3 nitrogen and oxygen atoms in total. The summed E-state index contributed by atoms with van der Waals surface area (Å²) in [5, 5.41) is 9.35. The number of hydrogen-bond acceptors (Lipinski definition) is 2. The minimum absolute atomic E-state index is 0.355. The smallest absolute Gasteiger partial charge is 0.165 e. The molecule has 2 aromatic rings. The van der Waals surface area contributed by atoms with Crippen LogP contribution in [0.1, 0.15) is 0 Å². The third-order valence-electron chi connectivity index (χ3n) is 1.78. The lowest BCUT2D eigenvalue weighted by molar-refractivity contribution is 0.434. The molecule has 0 saturated heterocycles. The van der Waals surface area contributed by atoms with Gasteiger partial charge in [0.15, 0.2) is 11.6 Å². The predicted octanol–water partition coefficient (Wildman–Crippen LogP) is 1.92. The van der Waals surface area contributed by atoms with E-state index in [0.717, 1.165) is 0 Å². The zero-order valence-corrected chi connectivity index (χ0v) is 6.66. The van der Waals surface area contributed by atoms with Crippen molar-refractivity contribution in [3.05, 3.63) is 36.5 Å². The van der Waals surface area contributed by atoms with Crippen molar-refractivity contribution >= 4 is 0 Å². The van der Waals surface area contributed by atoms with Crippen molar-refractivity contribution in [1.29, 1.82) is 0 Å². The quantitative estimate of drug-likeness (QED) is 0.700. The van der Waals surface area contributed by atoms with Gasteiger partial charge in [0.1, 0.15) is 0 Å². The van der Waals surface area contributed by atoms with Crippen LogP contribution >= 0.6 is 0 Å². The molecule has 2 N–H and O–H groups in total. The van der Waals surface area contributed by atoms with Crippen LogP contribution in [-0.4, -0.2) is 15.1 Å². The number of aromatic amines is 1. The average molecular weight is 178 g/mol. The third-order valence-corrected chi connectivity index (χ3v) is 1.78. The Bertz CT molecular complexity index is 412. The van der Waals surface area contributed by atoms with Gasteiger partial charge in [0.05, 0.1) is 18.2 Å². The lowest BCUT2D eigenvalue weighted by Crippen LogP contribution is -1.82. The first-order chi connectivity index (χ1) is 6.29. The van der Waals surface area contributed by atoms with Crippen molar-refractivity contribution in [1.82, 2.24) is 9.97 Å². The highest BCUT2D eigenvalue weighted by molar-refractivity contribution is 5.66. The number of phenolic OH excluding ortho intramolecular Hbond substituents is 1. The zero-order chi connectivity index (χ0) is 9.26.